The minimum atomic E-state index is -0.624. The number of hydrogen-bond acceptors (Lipinski definition) is 2. The first-order valence-electron chi connectivity index (χ1n) is 7.82. The second-order valence-corrected chi connectivity index (χ2v) is 5.42. The van der Waals surface area contributed by atoms with Crippen molar-refractivity contribution in [1.29, 1.82) is 0 Å². The van der Waals surface area contributed by atoms with Crippen molar-refractivity contribution in [2.45, 2.75) is 58.5 Å². The van der Waals surface area contributed by atoms with E-state index in [1.165, 1.54) is 6.07 Å². The molecule has 0 radical (unpaired) electrons. The normalized spacial score (nSPS) is 16.1. The molecule has 0 spiro atoms. The third kappa shape index (κ3) is 3.39. The van der Waals surface area contributed by atoms with E-state index in [9.17, 15) is 4.39 Å². The fraction of sp³-hybridized carbons (Fsp3) is 0.647. The van der Waals surface area contributed by atoms with E-state index in [0.29, 0.717) is 5.56 Å². The van der Waals surface area contributed by atoms with Gasteiger partial charge in [0.25, 0.3) is 0 Å². The fourth-order valence-electron chi connectivity index (χ4n) is 3.35. The SMILES string of the molecule is CCCC(N)(c1ccccc1F)C(CC)N(CC)CC. The molecule has 0 bridgehead atoms. The van der Waals surface area contributed by atoms with E-state index in [1.54, 1.807) is 6.07 Å². The zero-order valence-electron chi connectivity index (χ0n) is 13.3. The highest BCUT2D eigenvalue weighted by molar-refractivity contribution is 5.28. The molecule has 1 aromatic carbocycles. The lowest BCUT2D eigenvalue weighted by Crippen LogP contribution is -2.56. The van der Waals surface area contributed by atoms with Crippen LogP contribution in [0.3, 0.4) is 0 Å². The van der Waals surface area contributed by atoms with E-state index in [-0.39, 0.29) is 11.9 Å². The van der Waals surface area contributed by atoms with Gasteiger partial charge in [0.05, 0.1) is 5.54 Å². The molecule has 2 unspecified atom stereocenters. The van der Waals surface area contributed by atoms with Crippen LogP contribution in [0.15, 0.2) is 24.3 Å². The Balaban J connectivity index is 3.28. The summed E-state index contributed by atoms with van der Waals surface area (Å²) in [7, 11) is 0. The van der Waals surface area contributed by atoms with Crippen LogP contribution in [-0.2, 0) is 5.54 Å². The molecule has 20 heavy (non-hydrogen) atoms. The predicted octanol–water partition coefficient (Wildman–Crippen LogP) is 3.90. The lowest BCUT2D eigenvalue weighted by molar-refractivity contribution is 0.114. The Bertz CT molecular complexity index is 404. The zero-order chi connectivity index (χ0) is 15.2. The van der Waals surface area contributed by atoms with Crippen molar-refractivity contribution in [3.8, 4) is 0 Å². The van der Waals surface area contributed by atoms with Crippen LogP contribution in [0, 0.1) is 5.82 Å². The highest BCUT2D eigenvalue weighted by atomic mass is 19.1. The average Bonchev–Trinajstić information content (AvgIpc) is 2.45. The van der Waals surface area contributed by atoms with Crippen LogP contribution in [0.25, 0.3) is 0 Å². The van der Waals surface area contributed by atoms with Crippen molar-refractivity contribution in [2.75, 3.05) is 13.1 Å². The first kappa shape index (κ1) is 17.1. The number of nitrogens with two attached hydrogens (primary N) is 1. The van der Waals surface area contributed by atoms with E-state index in [1.807, 2.05) is 12.1 Å². The molecule has 0 heterocycles. The number of halogens is 1. The van der Waals surface area contributed by atoms with Crippen molar-refractivity contribution in [3.05, 3.63) is 35.6 Å². The monoisotopic (exact) mass is 280 g/mol. The second-order valence-electron chi connectivity index (χ2n) is 5.42. The van der Waals surface area contributed by atoms with Crippen LogP contribution in [0.4, 0.5) is 4.39 Å². The fourth-order valence-corrected chi connectivity index (χ4v) is 3.35. The van der Waals surface area contributed by atoms with Crippen molar-refractivity contribution in [1.82, 2.24) is 4.90 Å². The molecule has 0 aliphatic carbocycles. The first-order valence-corrected chi connectivity index (χ1v) is 7.82. The summed E-state index contributed by atoms with van der Waals surface area (Å²) in [6.45, 7) is 10.4. The summed E-state index contributed by atoms with van der Waals surface area (Å²) < 4.78 is 14.3. The maximum atomic E-state index is 14.3. The minimum Gasteiger partial charge on any atom is -0.320 e. The second kappa shape index (κ2) is 7.75. The van der Waals surface area contributed by atoms with Gasteiger partial charge in [-0.05, 0) is 32.0 Å². The number of likely N-dealkylation sites (N-methyl/N-ethyl adjacent to an activating group) is 1. The Morgan fingerprint density at radius 1 is 1.15 bits per heavy atom. The average molecular weight is 280 g/mol. The third-order valence-corrected chi connectivity index (χ3v) is 4.27. The zero-order valence-corrected chi connectivity index (χ0v) is 13.3. The summed E-state index contributed by atoms with van der Waals surface area (Å²) in [5.41, 5.74) is 6.79. The van der Waals surface area contributed by atoms with E-state index in [4.69, 9.17) is 5.73 Å². The largest absolute Gasteiger partial charge is 0.320 e. The molecule has 0 fully saturated rings. The highest BCUT2D eigenvalue weighted by Gasteiger charge is 2.39. The number of rotatable bonds is 8. The van der Waals surface area contributed by atoms with Gasteiger partial charge in [-0.2, -0.15) is 0 Å². The van der Waals surface area contributed by atoms with Crippen LogP contribution < -0.4 is 5.73 Å². The summed E-state index contributed by atoms with van der Waals surface area (Å²) in [6, 6.07) is 7.13. The molecule has 3 heteroatoms. The number of hydrogen-bond donors (Lipinski definition) is 1. The highest BCUT2D eigenvalue weighted by Crippen LogP contribution is 2.34. The van der Waals surface area contributed by atoms with E-state index in [0.717, 1.165) is 32.4 Å². The van der Waals surface area contributed by atoms with Crippen molar-refractivity contribution >= 4 is 0 Å². The molecule has 0 aliphatic heterocycles. The standard InChI is InChI=1S/C17H29FN2/c1-5-13-17(19,14-11-9-10-12-15(14)18)16(6-2)20(7-3)8-4/h9-12,16H,5-8,13,19H2,1-4H3. The Morgan fingerprint density at radius 2 is 1.75 bits per heavy atom. The predicted molar refractivity (Wildman–Crippen MR) is 84.2 cm³/mol. The molecule has 1 aromatic rings. The third-order valence-electron chi connectivity index (χ3n) is 4.27. The van der Waals surface area contributed by atoms with Gasteiger partial charge in [0.1, 0.15) is 5.82 Å². The van der Waals surface area contributed by atoms with Gasteiger partial charge < -0.3 is 5.73 Å². The quantitative estimate of drug-likeness (QED) is 0.782. The summed E-state index contributed by atoms with van der Waals surface area (Å²) in [4.78, 5) is 2.35. The number of nitrogens with zero attached hydrogens (tertiary/aromatic N) is 1. The Kier molecular flexibility index (Phi) is 6.63. The Labute approximate surface area is 123 Å². The van der Waals surface area contributed by atoms with Crippen molar-refractivity contribution in [2.24, 2.45) is 5.73 Å². The van der Waals surface area contributed by atoms with E-state index >= 15 is 0 Å². The molecule has 0 saturated carbocycles. The smallest absolute Gasteiger partial charge is 0.128 e. The summed E-state index contributed by atoms with van der Waals surface area (Å²) in [6.07, 6.45) is 2.66. The molecule has 0 saturated heterocycles. The van der Waals surface area contributed by atoms with Crippen LogP contribution in [-0.4, -0.2) is 24.0 Å². The molecule has 0 aliphatic rings. The van der Waals surface area contributed by atoms with Crippen LogP contribution in [0.1, 0.15) is 52.5 Å². The minimum absolute atomic E-state index is 0.161. The van der Waals surface area contributed by atoms with Crippen molar-refractivity contribution < 1.29 is 4.39 Å². The lowest BCUT2D eigenvalue weighted by Gasteiger charge is -2.43. The molecule has 0 amide bonds. The molecule has 0 aromatic heterocycles. The molecular formula is C17H29FN2. The van der Waals surface area contributed by atoms with Gasteiger partial charge in [-0.25, -0.2) is 4.39 Å². The van der Waals surface area contributed by atoms with Gasteiger partial charge in [-0.3, -0.25) is 4.90 Å². The maximum Gasteiger partial charge on any atom is 0.128 e. The first-order chi connectivity index (χ1) is 9.54. The van der Waals surface area contributed by atoms with Crippen molar-refractivity contribution in [3.63, 3.8) is 0 Å². The Morgan fingerprint density at radius 3 is 2.20 bits per heavy atom. The summed E-state index contributed by atoms with van der Waals surface area (Å²) >= 11 is 0. The van der Waals surface area contributed by atoms with Crippen LogP contribution in [0.5, 0.6) is 0 Å². The van der Waals surface area contributed by atoms with Gasteiger partial charge in [0, 0.05) is 11.6 Å². The molecule has 114 valence electrons. The maximum absolute atomic E-state index is 14.3. The van der Waals surface area contributed by atoms with Crippen LogP contribution in [0.2, 0.25) is 0 Å². The van der Waals surface area contributed by atoms with Crippen LogP contribution >= 0.6 is 0 Å². The lowest BCUT2D eigenvalue weighted by atomic mass is 9.77. The number of benzene rings is 1. The topological polar surface area (TPSA) is 29.3 Å². The summed E-state index contributed by atoms with van der Waals surface area (Å²) in [5, 5.41) is 0. The molecule has 1 rings (SSSR count). The van der Waals surface area contributed by atoms with Gasteiger partial charge in [-0.1, -0.05) is 52.3 Å². The van der Waals surface area contributed by atoms with E-state index in [2.05, 4.69) is 32.6 Å². The molecule has 2 N–H and O–H groups in total. The molecule has 2 atom stereocenters. The van der Waals surface area contributed by atoms with Gasteiger partial charge >= 0.3 is 0 Å². The Hall–Kier alpha value is -0.930. The molecule has 2 nitrogen and oxygen atoms in total. The van der Waals surface area contributed by atoms with Gasteiger partial charge in [0.2, 0.25) is 0 Å². The van der Waals surface area contributed by atoms with E-state index < -0.39 is 5.54 Å². The molecular weight excluding hydrogens is 251 g/mol. The van der Waals surface area contributed by atoms with Gasteiger partial charge in [0.15, 0.2) is 0 Å². The van der Waals surface area contributed by atoms with Gasteiger partial charge in [-0.15, -0.1) is 0 Å². The summed E-state index contributed by atoms with van der Waals surface area (Å²) in [5.74, 6) is -0.186.